The summed E-state index contributed by atoms with van der Waals surface area (Å²) in [6.07, 6.45) is 3.99. The molecule has 1 N–H and O–H groups in total. The zero-order chi connectivity index (χ0) is 21.3. The first-order valence-electron chi connectivity index (χ1n) is 11.1. The topological polar surface area (TPSA) is 35.7 Å². The number of ether oxygens (including phenoxy) is 1. The van der Waals surface area contributed by atoms with Gasteiger partial charge < -0.3 is 9.84 Å². The summed E-state index contributed by atoms with van der Waals surface area (Å²) in [5.74, 6) is 0.849. The van der Waals surface area contributed by atoms with Crippen LogP contribution < -0.4 is 4.74 Å². The minimum absolute atomic E-state index is 0. The lowest BCUT2D eigenvalue weighted by Crippen LogP contribution is -2.46. The van der Waals surface area contributed by atoms with Crippen LogP contribution in [0.2, 0.25) is 0 Å². The summed E-state index contributed by atoms with van der Waals surface area (Å²) in [5.41, 5.74) is 4.59. The molecule has 2 heterocycles. The molecule has 5 rings (SSSR count). The first-order chi connectivity index (χ1) is 15.2. The monoisotopic (exact) mass is 493 g/mol. The molecule has 3 aromatic rings. The fourth-order valence-corrected chi connectivity index (χ4v) is 4.87. The number of benzene rings is 3. The fraction of sp³-hybridized carbons (Fsp3) is 0.296. The summed E-state index contributed by atoms with van der Waals surface area (Å²) in [4.78, 5) is 0. The van der Waals surface area contributed by atoms with E-state index in [2.05, 4.69) is 70.4 Å². The van der Waals surface area contributed by atoms with Crippen molar-refractivity contribution in [2.24, 2.45) is 0 Å². The first kappa shape index (κ1) is 22.6. The minimum atomic E-state index is -1.03. The predicted molar refractivity (Wildman–Crippen MR) is 134 cm³/mol. The van der Waals surface area contributed by atoms with Crippen molar-refractivity contribution in [2.75, 3.05) is 20.2 Å². The van der Waals surface area contributed by atoms with Crippen LogP contribution in [0.4, 0.5) is 0 Å². The number of hydrazone groups is 1. The van der Waals surface area contributed by atoms with Crippen LogP contribution in [-0.2, 0) is 5.72 Å². The summed E-state index contributed by atoms with van der Waals surface area (Å²) in [6, 6.07) is 27.0. The molecule has 0 bridgehead atoms. The van der Waals surface area contributed by atoms with Crippen LogP contribution in [0.3, 0.4) is 0 Å². The van der Waals surface area contributed by atoms with Crippen molar-refractivity contribution >= 4 is 22.7 Å². The number of hydrazine groups is 1. The van der Waals surface area contributed by atoms with E-state index in [-0.39, 0.29) is 17.0 Å². The van der Waals surface area contributed by atoms with Gasteiger partial charge in [-0.05, 0) is 48.2 Å². The number of fused-ring (bicyclic) bond motifs is 1. The highest BCUT2D eigenvalue weighted by Crippen LogP contribution is 2.38. The molecule has 1 unspecified atom stereocenters. The van der Waals surface area contributed by atoms with Crippen LogP contribution in [-0.4, -0.2) is 40.7 Å². The van der Waals surface area contributed by atoms with E-state index in [1.165, 1.54) is 17.7 Å². The largest absolute Gasteiger partial charge is 0.497 e. The molecule has 3 aromatic carbocycles. The number of rotatable bonds is 4. The molecule has 166 valence electrons. The molecule has 1 atom stereocenters. The molecule has 0 aliphatic carbocycles. The van der Waals surface area contributed by atoms with Crippen LogP contribution >= 0.6 is 17.0 Å². The molecule has 0 aromatic heterocycles. The summed E-state index contributed by atoms with van der Waals surface area (Å²) in [5, 5.41) is 14.2. The van der Waals surface area contributed by atoms with E-state index in [1.807, 2.05) is 18.2 Å². The van der Waals surface area contributed by atoms with Crippen LogP contribution in [0.15, 0.2) is 78.9 Å². The summed E-state index contributed by atoms with van der Waals surface area (Å²) < 4.78 is 7.65. The molecule has 0 amide bonds. The van der Waals surface area contributed by atoms with Crippen LogP contribution in [0.1, 0.15) is 36.8 Å². The van der Waals surface area contributed by atoms with E-state index in [9.17, 15) is 5.11 Å². The zero-order valence-corrected chi connectivity index (χ0v) is 20.1. The maximum absolute atomic E-state index is 12.0. The predicted octanol–water partition coefficient (Wildman–Crippen LogP) is 5.39. The molecule has 4 nitrogen and oxygen atoms in total. The number of methoxy groups -OCH3 is 1. The lowest BCUT2D eigenvalue weighted by atomic mass is 9.93. The Bertz CT molecular complexity index is 1080. The Labute approximate surface area is 200 Å². The Hall–Kier alpha value is -2.63. The molecule has 2 aliphatic rings. The highest BCUT2D eigenvalue weighted by Gasteiger charge is 2.52. The SMILES string of the molecule is Br.COc1ccc(C2=[N+]3CCCCCN3C(O)(c3ccc(-c4ccccc4)cc3)C2)cc1. The van der Waals surface area contributed by atoms with Gasteiger partial charge in [-0.2, -0.15) is 0 Å². The maximum Gasteiger partial charge on any atom is 0.225 e. The summed E-state index contributed by atoms with van der Waals surface area (Å²) in [6.45, 7) is 1.79. The molecular weight excluding hydrogens is 464 g/mol. The third-order valence-electron chi connectivity index (χ3n) is 6.56. The highest BCUT2D eigenvalue weighted by molar-refractivity contribution is 8.93. The van der Waals surface area contributed by atoms with E-state index in [0.717, 1.165) is 48.4 Å². The smallest absolute Gasteiger partial charge is 0.225 e. The number of nitrogens with zero attached hydrogens (tertiary/aromatic N) is 2. The van der Waals surface area contributed by atoms with E-state index in [4.69, 9.17) is 4.74 Å². The normalized spacial score (nSPS) is 20.4. The Morgan fingerprint density at radius 1 is 0.812 bits per heavy atom. The number of hydrogen-bond donors (Lipinski definition) is 1. The molecule has 5 heteroatoms. The molecule has 0 saturated carbocycles. The molecule has 1 fully saturated rings. The van der Waals surface area contributed by atoms with Crippen molar-refractivity contribution < 1.29 is 14.5 Å². The van der Waals surface area contributed by atoms with Crippen molar-refractivity contribution in [2.45, 2.75) is 31.4 Å². The lowest BCUT2D eigenvalue weighted by Gasteiger charge is -2.30. The molecule has 0 spiro atoms. The van der Waals surface area contributed by atoms with Gasteiger partial charge in [0.1, 0.15) is 5.75 Å². The summed E-state index contributed by atoms with van der Waals surface area (Å²) in [7, 11) is 1.69. The standard InChI is InChI=1S/C27H29N2O2.BrH/c1-31-25-16-12-23(13-17-25)26-20-27(30,29-19-7-3-6-18-28(26)29)24-14-10-22(11-15-24)21-8-4-2-5-9-21;/h2,4-5,8-17,30H,3,6-7,18-20H2,1H3;1H/q+1;. The zero-order valence-electron chi connectivity index (χ0n) is 18.4. The summed E-state index contributed by atoms with van der Waals surface area (Å²) >= 11 is 0. The van der Waals surface area contributed by atoms with Crippen LogP contribution in [0.5, 0.6) is 5.75 Å². The van der Waals surface area contributed by atoms with Gasteiger partial charge in [0.25, 0.3) is 0 Å². The second-order valence-corrected chi connectivity index (χ2v) is 8.42. The molecule has 2 aliphatic heterocycles. The maximum atomic E-state index is 12.0. The minimum Gasteiger partial charge on any atom is -0.497 e. The molecule has 0 radical (unpaired) electrons. The van der Waals surface area contributed by atoms with Gasteiger partial charge in [-0.1, -0.05) is 54.6 Å². The van der Waals surface area contributed by atoms with Crippen molar-refractivity contribution in [3.8, 4) is 16.9 Å². The van der Waals surface area contributed by atoms with Gasteiger partial charge in [-0.3, -0.25) is 0 Å². The van der Waals surface area contributed by atoms with Gasteiger partial charge in [0, 0.05) is 17.5 Å². The van der Waals surface area contributed by atoms with Gasteiger partial charge in [0.15, 0.2) is 6.54 Å². The number of aliphatic hydroxyl groups is 1. The number of hydrogen-bond acceptors (Lipinski definition) is 3. The molecule has 1 saturated heterocycles. The second-order valence-electron chi connectivity index (χ2n) is 8.42. The van der Waals surface area contributed by atoms with E-state index in [0.29, 0.717) is 6.42 Å². The van der Waals surface area contributed by atoms with Gasteiger partial charge in [-0.25, -0.2) is 0 Å². The van der Waals surface area contributed by atoms with Gasteiger partial charge in [0.05, 0.1) is 20.1 Å². The Balaban J connectivity index is 0.00000245. The van der Waals surface area contributed by atoms with Crippen molar-refractivity contribution in [1.29, 1.82) is 0 Å². The van der Waals surface area contributed by atoms with Gasteiger partial charge in [0.2, 0.25) is 11.4 Å². The first-order valence-corrected chi connectivity index (χ1v) is 11.1. The molecular formula is C27H30BrN2O2+. The van der Waals surface area contributed by atoms with Crippen LogP contribution in [0.25, 0.3) is 11.1 Å². The third-order valence-corrected chi connectivity index (χ3v) is 6.56. The lowest BCUT2D eigenvalue weighted by molar-refractivity contribution is -0.706. The Morgan fingerprint density at radius 2 is 1.47 bits per heavy atom. The average molecular weight is 494 g/mol. The Morgan fingerprint density at radius 3 is 2.16 bits per heavy atom. The highest BCUT2D eigenvalue weighted by atomic mass is 79.9. The Kier molecular flexibility index (Phi) is 6.68. The fourth-order valence-electron chi connectivity index (χ4n) is 4.87. The average Bonchev–Trinajstić information content (AvgIpc) is 2.97. The third kappa shape index (κ3) is 4.07. The van der Waals surface area contributed by atoms with Crippen LogP contribution in [0, 0.1) is 0 Å². The van der Waals surface area contributed by atoms with E-state index in [1.54, 1.807) is 7.11 Å². The van der Waals surface area contributed by atoms with E-state index < -0.39 is 5.72 Å². The molecule has 32 heavy (non-hydrogen) atoms. The van der Waals surface area contributed by atoms with Gasteiger partial charge >= 0.3 is 0 Å². The van der Waals surface area contributed by atoms with Crippen molar-refractivity contribution in [3.05, 3.63) is 90.0 Å². The van der Waals surface area contributed by atoms with Crippen molar-refractivity contribution in [3.63, 3.8) is 0 Å². The van der Waals surface area contributed by atoms with Gasteiger partial charge in [-0.15, -0.1) is 26.7 Å². The number of halogens is 1. The van der Waals surface area contributed by atoms with E-state index >= 15 is 0 Å². The quantitative estimate of drug-likeness (QED) is 0.494. The van der Waals surface area contributed by atoms with Crippen molar-refractivity contribution in [1.82, 2.24) is 5.01 Å². The second kappa shape index (κ2) is 9.47.